The maximum Gasteiger partial charge on any atom is 0.181 e. The van der Waals surface area contributed by atoms with Gasteiger partial charge in [0.2, 0.25) is 0 Å². The first kappa shape index (κ1) is 9.92. The van der Waals surface area contributed by atoms with Crippen molar-refractivity contribution in [1.29, 1.82) is 0 Å². The molecule has 0 radical (unpaired) electrons. The Morgan fingerprint density at radius 2 is 2.08 bits per heavy atom. The molecule has 0 aliphatic carbocycles. The van der Waals surface area contributed by atoms with Crippen LogP contribution in [0.5, 0.6) is 0 Å². The van der Waals surface area contributed by atoms with Gasteiger partial charge in [-0.25, -0.2) is 8.78 Å². The Balaban J connectivity index is 3.13. The van der Waals surface area contributed by atoms with Crippen LogP contribution in [-0.4, -0.2) is 11.7 Å². The summed E-state index contributed by atoms with van der Waals surface area (Å²) in [6, 6.07) is 2.38. The van der Waals surface area contributed by atoms with E-state index >= 15 is 0 Å². The number of hydrogen-bond donors (Lipinski definition) is 2. The molecule has 0 bridgehead atoms. The van der Waals surface area contributed by atoms with E-state index < -0.39 is 11.6 Å². The van der Waals surface area contributed by atoms with Gasteiger partial charge in [0.05, 0.1) is 5.69 Å². The standard InChI is InChI=1S/C9H11F2NO/c1-5(4-13)6-2-7(10)9(11)8(12)3-6/h2-3,5,13H,4,12H2,1H3. The van der Waals surface area contributed by atoms with Crippen LogP contribution in [-0.2, 0) is 0 Å². The second kappa shape index (κ2) is 3.70. The van der Waals surface area contributed by atoms with Crippen LogP contribution in [0.25, 0.3) is 0 Å². The summed E-state index contributed by atoms with van der Waals surface area (Å²) >= 11 is 0. The van der Waals surface area contributed by atoms with E-state index in [0.717, 1.165) is 6.07 Å². The first-order valence-corrected chi connectivity index (χ1v) is 3.91. The Morgan fingerprint density at radius 3 is 2.54 bits per heavy atom. The summed E-state index contributed by atoms with van der Waals surface area (Å²) in [7, 11) is 0. The molecule has 13 heavy (non-hydrogen) atoms. The molecule has 0 aliphatic rings. The number of anilines is 1. The van der Waals surface area contributed by atoms with Gasteiger partial charge in [-0.2, -0.15) is 0 Å². The van der Waals surface area contributed by atoms with Crippen molar-refractivity contribution in [2.24, 2.45) is 0 Å². The minimum Gasteiger partial charge on any atom is -0.396 e. The fraction of sp³-hybridized carbons (Fsp3) is 0.333. The summed E-state index contributed by atoms with van der Waals surface area (Å²) in [5.74, 6) is -2.25. The zero-order chi connectivity index (χ0) is 10.0. The predicted octanol–water partition coefficient (Wildman–Crippen LogP) is 1.64. The molecular weight excluding hydrogens is 176 g/mol. The van der Waals surface area contributed by atoms with Crippen LogP contribution in [0.1, 0.15) is 18.4 Å². The molecular formula is C9H11F2NO. The third-order valence-corrected chi connectivity index (χ3v) is 1.92. The Morgan fingerprint density at radius 1 is 1.46 bits per heavy atom. The lowest BCUT2D eigenvalue weighted by atomic mass is 10.0. The molecule has 1 aromatic rings. The minimum atomic E-state index is -1.03. The van der Waals surface area contributed by atoms with Crippen LogP contribution in [0.3, 0.4) is 0 Å². The van der Waals surface area contributed by atoms with Gasteiger partial charge < -0.3 is 10.8 Å². The number of hydrogen-bond acceptors (Lipinski definition) is 2. The quantitative estimate of drug-likeness (QED) is 0.691. The van der Waals surface area contributed by atoms with Crippen molar-refractivity contribution in [3.63, 3.8) is 0 Å². The Labute approximate surface area is 75.0 Å². The Kier molecular flexibility index (Phi) is 2.83. The molecule has 72 valence electrons. The van der Waals surface area contributed by atoms with Crippen molar-refractivity contribution in [1.82, 2.24) is 0 Å². The number of nitrogen functional groups attached to an aromatic ring is 1. The van der Waals surface area contributed by atoms with E-state index in [4.69, 9.17) is 10.8 Å². The van der Waals surface area contributed by atoms with Gasteiger partial charge >= 0.3 is 0 Å². The lowest BCUT2D eigenvalue weighted by Gasteiger charge is -2.09. The topological polar surface area (TPSA) is 46.2 Å². The minimum absolute atomic E-state index is 0.121. The number of rotatable bonds is 2. The van der Waals surface area contributed by atoms with Crippen LogP contribution >= 0.6 is 0 Å². The molecule has 1 unspecified atom stereocenters. The van der Waals surface area contributed by atoms with Crippen molar-refractivity contribution in [2.45, 2.75) is 12.8 Å². The smallest absolute Gasteiger partial charge is 0.181 e. The maximum atomic E-state index is 12.8. The maximum absolute atomic E-state index is 12.8. The number of halogens is 2. The molecule has 0 aromatic heterocycles. The lowest BCUT2D eigenvalue weighted by Crippen LogP contribution is -2.03. The fourth-order valence-electron chi connectivity index (χ4n) is 1.02. The molecule has 1 rings (SSSR count). The summed E-state index contributed by atoms with van der Waals surface area (Å²) in [5, 5.41) is 8.78. The highest BCUT2D eigenvalue weighted by molar-refractivity contribution is 5.44. The zero-order valence-electron chi connectivity index (χ0n) is 7.22. The highest BCUT2D eigenvalue weighted by atomic mass is 19.2. The monoisotopic (exact) mass is 187 g/mol. The van der Waals surface area contributed by atoms with Gasteiger partial charge in [0.25, 0.3) is 0 Å². The lowest BCUT2D eigenvalue weighted by molar-refractivity contribution is 0.272. The molecule has 0 saturated carbocycles. The van der Waals surface area contributed by atoms with Crippen LogP contribution in [0.2, 0.25) is 0 Å². The molecule has 1 aromatic carbocycles. The van der Waals surface area contributed by atoms with Crippen LogP contribution in [0.4, 0.5) is 14.5 Å². The summed E-state index contributed by atoms with van der Waals surface area (Å²) < 4.78 is 25.5. The van der Waals surface area contributed by atoms with Crippen molar-refractivity contribution in [3.05, 3.63) is 29.3 Å². The van der Waals surface area contributed by atoms with E-state index in [1.165, 1.54) is 6.07 Å². The van der Waals surface area contributed by atoms with Gasteiger partial charge in [0.15, 0.2) is 11.6 Å². The number of benzene rings is 1. The highest BCUT2D eigenvalue weighted by Gasteiger charge is 2.11. The van der Waals surface area contributed by atoms with E-state index in [-0.39, 0.29) is 18.2 Å². The number of nitrogens with two attached hydrogens (primary N) is 1. The second-order valence-corrected chi connectivity index (χ2v) is 2.99. The SMILES string of the molecule is CC(CO)c1cc(N)c(F)c(F)c1. The fourth-order valence-corrected chi connectivity index (χ4v) is 1.02. The average Bonchev–Trinajstić information content (AvgIpc) is 2.12. The van der Waals surface area contributed by atoms with Gasteiger partial charge in [0.1, 0.15) is 0 Å². The van der Waals surface area contributed by atoms with E-state index in [1.54, 1.807) is 6.92 Å². The van der Waals surface area contributed by atoms with Crippen LogP contribution < -0.4 is 5.73 Å². The normalized spacial score (nSPS) is 12.9. The van der Waals surface area contributed by atoms with Gasteiger partial charge in [-0.3, -0.25) is 0 Å². The molecule has 0 fully saturated rings. The third kappa shape index (κ3) is 1.95. The summed E-state index contributed by atoms with van der Waals surface area (Å²) in [6.45, 7) is 1.58. The van der Waals surface area contributed by atoms with E-state index in [2.05, 4.69) is 0 Å². The molecule has 2 nitrogen and oxygen atoms in total. The third-order valence-electron chi connectivity index (χ3n) is 1.92. The molecule has 0 saturated heterocycles. The molecule has 3 N–H and O–H groups in total. The van der Waals surface area contributed by atoms with Gasteiger partial charge in [-0.1, -0.05) is 6.92 Å². The number of aliphatic hydroxyl groups excluding tert-OH is 1. The van der Waals surface area contributed by atoms with E-state index in [0.29, 0.717) is 5.56 Å². The van der Waals surface area contributed by atoms with Crippen molar-refractivity contribution in [3.8, 4) is 0 Å². The summed E-state index contributed by atoms with van der Waals surface area (Å²) in [6.07, 6.45) is 0. The van der Waals surface area contributed by atoms with Gasteiger partial charge in [0, 0.05) is 12.5 Å². The van der Waals surface area contributed by atoms with Crippen molar-refractivity contribution >= 4 is 5.69 Å². The Bertz CT molecular complexity index is 291. The average molecular weight is 187 g/mol. The molecule has 1 atom stereocenters. The largest absolute Gasteiger partial charge is 0.396 e. The first-order valence-electron chi connectivity index (χ1n) is 3.91. The van der Waals surface area contributed by atoms with Crippen molar-refractivity contribution in [2.75, 3.05) is 12.3 Å². The first-order chi connectivity index (χ1) is 6.06. The molecule has 0 heterocycles. The zero-order valence-corrected chi connectivity index (χ0v) is 7.22. The number of aliphatic hydroxyl groups is 1. The van der Waals surface area contributed by atoms with Gasteiger partial charge in [-0.15, -0.1) is 0 Å². The predicted molar refractivity (Wildman–Crippen MR) is 46.3 cm³/mol. The van der Waals surface area contributed by atoms with Crippen LogP contribution in [0, 0.1) is 11.6 Å². The van der Waals surface area contributed by atoms with Gasteiger partial charge in [-0.05, 0) is 17.7 Å². The van der Waals surface area contributed by atoms with E-state index in [9.17, 15) is 8.78 Å². The molecule has 0 spiro atoms. The molecule has 0 amide bonds. The van der Waals surface area contributed by atoms with Crippen molar-refractivity contribution < 1.29 is 13.9 Å². The highest BCUT2D eigenvalue weighted by Crippen LogP contribution is 2.22. The summed E-state index contributed by atoms with van der Waals surface area (Å²) in [4.78, 5) is 0. The van der Waals surface area contributed by atoms with E-state index in [1.807, 2.05) is 0 Å². The Hall–Kier alpha value is -1.16. The van der Waals surface area contributed by atoms with Crippen LogP contribution in [0.15, 0.2) is 12.1 Å². The molecule has 4 heteroatoms. The second-order valence-electron chi connectivity index (χ2n) is 2.99. The molecule has 0 aliphatic heterocycles. The summed E-state index contributed by atoms with van der Waals surface area (Å²) in [5.41, 5.74) is 5.49.